The number of nitrogens with two attached hydrogens (primary N) is 1. The van der Waals surface area contributed by atoms with E-state index in [9.17, 15) is 0 Å². The largest absolute Gasteiger partial charge is 0.484 e. The minimum atomic E-state index is -0.390. The molecule has 0 spiro atoms. The Morgan fingerprint density at radius 2 is 2.14 bits per heavy atom. The normalized spacial score (nSPS) is 17.0. The van der Waals surface area contributed by atoms with Crippen molar-refractivity contribution >= 4 is 5.69 Å². The molecule has 0 saturated heterocycles. The van der Waals surface area contributed by atoms with E-state index in [0.29, 0.717) is 23.2 Å². The molecule has 112 valence electrons. The van der Waals surface area contributed by atoms with Crippen LogP contribution < -0.4 is 10.5 Å². The monoisotopic (exact) mass is 289 g/mol. The zero-order chi connectivity index (χ0) is 14.7. The lowest BCUT2D eigenvalue weighted by Gasteiger charge is -2.22. The molecule has 2 N–H and O–H groups in total. The van der Waals surface area contributed by atoms with E-state index in [0.717, 1.165) is 25.7 Å². The Morgan fingerprint density at radius 3 is 2.86 bits per heavy atom. The Labute approximate surface area is 123 Å². The molecule has 1 aromatic heterocycles. The summed E-state index contributed by atoms with van der Waals surface area (Å²) in [4.78, 5) is 4.41. The van der Waals surface area contributed by atoms with Gasteiger partial charge in [-0.05, 0) is 37.8 Å². The number of aromatic nitrogens is 2. The molecule has 0 amide bonds. The summed E-state index contributed by atoms with van der Waals surface area (Å²) >= 11 is 0. The quantitative estimate of drug-likeness (QED) is 0.852. The number of hydrogen-bond donors (Lipinski definition) is 1. The maximum absolute atomic E-state index is 5.70. The van der Waals surface area contributed by atoms with Gasteiger partial charge in [-0.2, -0.15) is 4.98 Å². The van der Waals surface area contributed by atoms with Crippen molar-refractivity contribution in [1.82, 2.24) is 10.1 Å². The average molecular weight is 289 g/mol. The summed E-state index contributed by atoms with van der Waals surface area (Å²) in [6.07, 6.45) is 4.10. The Kier molecular flexibility index (Phi) is 3.79. The first kappa shape index (κ1) is 13.9. The maximum Gasteiger partial charge on any atom is 0.264 e. The SMILES string of the molecule is COC1(c2noc(COc3cccc(N)c3)n2)CCCC1. The molecule has 0 bridgehead atoms. The zero-order valence-corrected chi connectivity index (χ0v) is 12.0. The Morgan fingerprint density at radius 1 is 1.33 bits per heavy atom. The second-order valence-corrected chi connectivity index (χ2v) is 5.28. The van der Waals surface area contributed by atoms with E-state index >= 15 is 0 Å². The molecule has 3 rings (SSSR count). The summed E-state index contributed by atoms with van der Waals surface area (Å²) in [5, 5.41) is 4.06. The van der Waals surface area contributed by atoms with E-state index in [-0.39, 0.29) is 12.2 Å². The van der Waals surface area contributed by atoms with Crippen molar-refractivity contribution in [2.24, 2.45) is 0 Å². The van der Waals surface area contributed by atoms with Crippen LogP contribution in [0, 0.1) is 0 Å². The van der Waals surface area contributed by atoms with Gasteiger partial charge >= 0.3 is 0 Å². The van der Waals surface area contributed by atoms with Gasteiger partial charge in [0, 0.05) is 18.9 Å². The molecule has 2 aromatic rings. The number of nitrogens with zero attached hydrogens (tertiary/aromatic N) is 2. The minimum absolute atomic E-state index is 0.218. The van der Waals surface area contributed by atoms with Gasteiger partial charge in [0.1, 0.15) is 11.4 Å². The number of benzene rings is 1. The fraction of sp³-hybridized carbons (Fsp3) is 0.467. The van der Waals surface area contributed by atoms with E-state index in [1.807, 2.05) is 12.1 Å². The topological polar surface area (TPSA) is 83.4 Å². The first-order valence-corrected chi connectivity index (χ1v) is 7.08. The summed E-state index contributed by atoms with van der Waals surface area (Å²) in [5.41, 5.74) is 5.97. The number of anilines is 1. The number of methoxy groups -OCH3 is 1. The highest BCUT2D eigenvalue weighted by Crippen LogP contribution is 2.40. The van der Waals surface area contributed by atoms with E-state index in [1.54, 1.807) is 19.2 Å². The third kappa shape index (κ3) is 2.85. The predicted octanol–water partition coefficient (Wildman–Crippen LogP) is 2.65. The van der Waals surface area contributed by atoms with Gasteiger partial charge in [-0.25, -0.2) is 0 Å². The van der Waals surface area contributed by atoms with Gasteiger partial charge in [-0.1, -0.05) is 11.2 Å². The van der Waals surface area contributed by atoms with Gasteiger partial charge < -0.3 is 19.7 Å². The van der Waals surface area contributed by atoms with Crippen LogP contribution in [0.25, 0.3) is 0 Å². The molecule has 6 heteroatoms. The molecule has 1 fully saturated rings. The lowest BCUT2D eigenvalue weighted by Crippen LogP contribution is -2.26. The number of hydrogen-bond acceptors (Lipinski definition) is 6. The van der Waals surface area contributed by atoms with Crippen LogP contribution in [0.2, 0.25) is 0 Å². The van der Waals surface area contributed by atoms with Gasteiger partial charge in [0.15, 0.2) is 6.61 Å². The minimum Gasteiger partial charge on any atom is -0.484 e. The molecule has 21 heavy (non-hydrogen) atoms. The van der Waals surface area contributed by atoms with Crippen LogP contribution in [0.4, 0.5) is 5.69 Å². The molecule has 1 aromatic carbocycles. The molecule has 0 atom stereocenters. The predicted molar refractivity (Wildman–Crippen MR) is 76.6 cm³/mol. The lowest BCUT2D eigenvalue weighted by atomic mass is 10.0. The number of nitrogen functional groups attached to an aromatic ring is 1. The van der Waals surface area contributed by atoms with Crippen LogP contribution in [0.1, 0.15) is 37.4 Å². The fourth-order valence-electron chi connectivity index (χ4n) is 2.71. The van der Waals surface area contributed by atoms with Crippen molar-refractivity contribution in [2.45, 2.75) is 37.9 Å². The fourth-order valence-corrected chi connectivity index (χ4v) is 2.71. The smallest absolute Gasteiger partial charge is 0.264 e. The molecule has 1 aliphatic carbocycles. The standard InChI is InChI=1S/C15H19N3O3/c1-19-15(7-2-3-8-15)14-17-13(21-18-14)10-20-12-6-4-5-11(16)9-12/h4-6,9H,2-3,7-8,10,16H2,1H3. The van der Waals surface area contributed by atoms with Crippen molar-refractivity contribution in [1.29, 1.82) is 0 Å². The zero-order valence-electron chi connectivity index (χ0n) is 12.0. The van der Waals surface area contributed by atoms with E-state index in [1.165, 1.54) is 0 Å². The molecular weight excluding hydrogens is 270 g/mol. The summed E-state index contributed by atoms with van der Waals surface area (Å²) in [6.45, 7) is 0.218. The van der Waals surface area contributed by atoms with E-state index in [2.05, 4.69) is 10.1 Å². The Hall–Kier alpha value is -2.08. The lowest BCUT2D eigenvalue weighted by molar-refractivity contribution is -0.0178. The molecular formula is C15H19N3O3. The van der Waals surface area contributed by atoms with Gasteiger partial charge in [-0.3, -0.25) is 0 Å². The Balaban J connectivity index is 1.68. The van der Waals surface area contributed by atoms with Crippen molar-refractivity contribution in [3.63, 3.8) is 0 Å². The molecule has 6 nitrogen and oxygen atoms in total. The molecule has 0 unspecified atom stereocenters. The van der Waals surface area contributed by atoms with E-state index in [4.69, 9.17) is 19.7 Å². The van der Waals surface area contributed by atoms with Crippen LogP contribution in [0.15, 0.2) is 28.8 Å². The van der Waals surface area contributed by atoms with Gasteiger partial charge in [-0.15, -0.1) is 0 Å². The highest BCUT2D eigenvalue weighted by Gasteiger charge is 2.40. The van der Waals surface area contributed by atoms with Gasteiger partial charge in [0.25, 0.3) is 5.89 Å². The second-order valence-electron chi connectivity index (χ2n) is 5.28. The van der Waals surface area contributed by atoms with Crippen LogP contribution in [0.5, 0.6) is 5.75 Å². The van der Waals surface area contributed by atoms with Crippen molar-refractivity contribution < 1.29 is 14.0 Å². The molecule has 1 saturated carbocycles. The third-order valence-electron chi connectivity index (χ3n) is 3.90. The van der Waals surface area contributed by atoms with Crippen molar-refractivity contribution in [3.8, 4) is 5.75 Å². The second kappa shape index (κ2) is 5.73. The van der Waals surface area contributed by atoms with Crippen LogP contribution in [-0.2, 0) is 16.9 Å². The molecule has 0 aliphatic heterocycles. The first-order valence-electron chi connectivity index (χ1n) is 7.08. The highest BCUT2D eigenvalue weighted by molar-refractivity contribution is 5.43. The van der Waals surface area contributed by atoms with Crippen LogP contribution in [0.3, 0.4) is 0 Å². The van der Waals surface area contributed by atoms with Gasteiger partial charge in [0.05, 0.1) is 0 Å². The maximum atomic E-state index is 5.70. The number of rotatable bonds is 5. The van der Waals surface area contributed by atoms with E-state index < -0.39 is 0 Å². The summed E-state index contributed by atoms with van der Waals surface area (Å²) in [7, 11) is 1.70. The average Bonchev–Trinajstić information content (AvgIpc) is 3.15. The van der Waals surface area contributed by atoms with Crippen LogP contribution in [-0.4, -0.2) is 17.3 Å². The van der Waals surface area contributed by atoms with Crippen LogP contribution >= 0.6 is 0 Å². The third-order valence-corrected chi connectivity index (χ3v) is 3.90. The van der Waals surface area contributed by atoms with Crippen molar-refractivity contribution in [2.75, 3.05) is 12.8 Å². The first-order chi connectivity index (χ1) is 10.2. The summed E-state index contributed by atoms with van der Waals surface area (Å²) in [6, 6.07) is 7.23. The summed E-state index contributed by atoms with van der Waals surface area (Å²) in [5.74, 6) is 1.74. The molecule has 1 aliphatic rings. The molecule has 1 heterocycles. The van der Waals surface area contributed by atoms with Gasteiger partial charge in [0.2, 0.25) is 5.82 Å². The highest BCUT2D eigenvalue weighted by atomic mass is 16.5. The molecule has 0 radical (unpaired) electrons. The summed E-state index contributed by atoms with van der Waals surface area (Å²) < 4.78 is 16.5. The number of ether oxygens (including phenoxy) is 2. The van der Waals surface area contributed by atoms with Crippen molar-refractivity contribution in [3.05, 3.63) is 36.0 Å². The Bertz CT molecular complexity index is 606.